The molecule has 0 atom stereocenters. The first kappa shape index (κ1) is 16.4. The second kappa shape index (κ2) is 6.60. The minimum atomic E-state index is -0.304. The van der Waals surface area contributed by atoms with E-state index in [-0.39, 0.29) is 11.8 Å². The van der Waals surface area contributed by atoms with Crippen LogP contribution in [0.5, 0.6) is 5.75 Å². The second-order valence-electron chi connectivity index (χ2n) is 5.62. The number of benzene rings is 1. The standard InChI is InChI=1S/C17H17BrN4O2/c1-9(2)14-13(18)16(22-21-14)17(23)20-11-6-4-5-10-12(24-3)7-8-19-15(10)11/h4-9H,1-3H3,(H,20,23)(H,21,22). The molecule has 0 saturated heterocycles. The number of ether oxygens (including phenoxy) is 1. The van der Waals surface area contributed by atoms with Crippen LogP contribution in [0, 0.1) is 0 Å². The molecule has 3 rings (SSSR count). The van der Waals surface area contributed by atoms with Crippen molar-refractivity contribution in [2.45, 2.75) is 19.8 Å². The van der Waals surface area contributed by atoms with Gasteiger partial charge in [0.1, 0.15) is 5.75 Å². The van der Waals surface area contributed by atoms with E-state index >= 15 is 0 Å². The smallest absolute Gasteiger partial charge is 0.277 e. The second-order valence-corrected chi connectivity index (χ2v) is 6.42. The highest BCUT2D eigenvalue weighted by Crippen LogP contribution is 2.30. The number of hydrogen-bond donors (Lipinski definition) is 2. The van der Waals surface area contributed by atoms with E-state index in [2.05, 4.69) is 36.4 Å². The molecule has 0 aliphatic rings. The number of para-hydroxylation sites is 1. The van der Waals surface area contributed by atoms with Gasteiger partial charge >= 0.3 is 0 Å². The van der Waals surface area contributed by atoms with Gasteiger partial charge in [-0.2, -0.15) is 5.10 Å². The molecular weight excluding hydrogens is 372 g/mol. The molecule has 7 heteroatoms. The lowest BCUT2D eigenvalue weighted by atomic mass is 10.1. The molecule has 1 aromatic carbocycles. The summed E-state index contributed by atoms with van der Waals surface area (Å²) in [4.78, 5) is 16.9. The van der Waals surface area contributed by atoms with Gasteiger partial charge < -0.3 is 10.1 Å². The fraction of sp³-hybridized carbons (Fsp3) is 0.235. The molecule has 0 bridgehead atoms. The molecule has 2 heterocycles. The summed E-state index contributed by atoms with van der Waals surface area (Å²) in [6.07, 6.45) is 1.65. The van der Waals surface area contributed by atoms with E-state index < -0.39 is 0 Å². The Morgan fingerprint density at radius 3 is 2.79 bits per heavy atom. The third-order valence-electron chi connectivity index (χ3n) is 3.72. The Bertz CT molecular complexity index is 905. The van der Waals surface area contributed by atoms with Gasteiger partial charge in [-0.05, 0) is 40.0 Å². The normalized spacial score (nSPS) is 11.0. The van der Waals surface area contributed by atoms with Crippen molar-refractivity contribution in [1.29, 1.82) is 0 Å². The van der Waals surface area contributed by atoms with E-state index in [1.807, 2.05) is 26.0 Å². The summed E-state index contributed by atoms with van der Waals surface area (Å²) in [5.41, 5.74) is 2.48. The SMILES string of the molecule is COc1ccnc2c(NC(=O)c3n[nH]c(C(C)C)c3Br)cccc12. The van der Waals surface area contributed by atoms with E-state index in [1.54, 1.807) is 25.4 Å². The Kier molecular flexibility index (Phi) is 4.53. The maximum atomic E-state index is 12.6. The molecule has 2 aromatic heterocycles. The van der Waals surface area contributed by atoms with E-state index in [4.69, 9.17) is 4.74 Å². The molecule has 6 nitrogen and oxygen atoms in total. The minimum Gasteiger partial charge on any atom is -0.496 e. The Labute approximate surface area is 147 Å². The van der Waals surface area contributed by atoms with Crippen molar-refractivity contribution >= 4 is 38.4 Å². The van der Waals surface area contributed by atoms with Crippen LogP contribution in [0.25, 0.3) is 10.9 Å². The number of methoxy groups -OCH3 is 1. The molecule has 3 aromatic rings. The van der Waals surface area contributed by atoms with Gasteiger partial charge in [0, 0.05) is 11.6 Å². The summed E-state index contributed by atoms with van der Waals surface area (Å²) in [5, 5.41) is 10.7. The minimum absolute atomic E-state index is 0.233. The first-order valence-corrected chi connectivity index (χ1v) is 8.29. The highest BCUT2D eigenvalue weighted by atomic mass is 79.9. The Morgan fingerprint density at radius 2 is 2.12 bits per heavy atom. The fourth-order valence-corrected chi connectivity index (χ4v) is 3.30. The van der Waals surface area contributed by atoms with E-state index in [9.17, 15) is 4.79 Å². The predicted octanol–water partition coefficient (Wildman–Crippen LogP) is 4.10. The number of halogens is 1. The van der Waals surface area contributed by atoms with Gasteiger partial charge in [0.15, 0.2) is 5.69 Å². The lowest BCUT2D eigenvalue weighted by Gasteiger charge is -2.09. The van der Waals surface area contributed by atoms with Crippen LogP contribution in [0.2, 0.25) is 0 Å². The number of carbonyl (C=O) groups excluding carboxylic acids is 1. The van der Waals surface area contributed by atoms with Crippen LogP contribution in [0.15, 0.2) is 34.9 Å². The highest BCUT2D eigenvalue weighted by Gasteiger charge is 2.20. The van der Waals surface area contributed by atoms with Gasteiger partial charge in [-0.25, -0.2) is 0 Å². The van der Waals surface area contributed by atoms with Crippen LogP contribution in [0.1, 0.15) is 35.9 Å². The number of aromatic nitrogens is 3. The summed E-state index contributed by atoms with van der Waals surface area (Å²) in [6.45, 7) is 4.06. The van der Waals surface area contributed by atoms with E-state index in [0.29, 0.717) is 27.1 Å². The number of rotatable bonds is 4. The van der Waals surface area contributed by atoms with Gasteiger partial charge in [0.05, 0.1) is 28.5 Å². The van der Waals surface area contributed by atoms with Gasteiger partial charge in [-0.15, -0.1) is 0 Å². The predicted molar refractivity (Wildman–Crippen MR) is 96.6 cm³/mol. The van der Waals surface area contributed by atoms with Crippen molar-refractivity contribution in [3.05, 3.63) is 46.3 Å². The third-order valence-corrected chi connectivity index (χ3v) is 4.53. The third kappa shape index (κ3) is 2.87. The topological polar surface area (TPSA) is 79.9 Å². The van der Waals surface area contributed by atoms with Crippen molar-refractivity contribution in [3.8, 4) is 5.75 Å². The number of nitrogens with zero attached hydrogens (tertiary/aromatic N) is 2. The van der Waals surface area contributed by atoms with Crippen LogP contribution in [0.3, 0.4) is 0 Å². The van der Waals surface area contributed by atoms with Crippen molar-refractivity contribution in [1.82, 2.24) is 15.2 Å². The number of nitrogens with one attached hydrogen (secondary N) is 2. The lowest BCUT2D eigenvalue weighted by Crippen LogP contribution is -2.13. The van der Waals surface area contributed by atoms with Crippen molar-refractivity contribution in [2.24, 2.45) is 0 Å². The van der Waals surface area contributed by atoms with Crippen molar-refractivity contribution in [3.63, 3.8) is 0 Å². The van der Waals surface area contributed by atoms with E-state index in [0.717, 1.165) is 11.1 Å². The largest absolute Gasteiger partial charge is 0.496 e. The maximum absolute atomic E-state index is 12.6. The number of pyridine rings is 1. The average molecular weight is 389 g/mol. The molecule has 1 amide bonds. The summed E-state index contributed by atoms with van der Waals surface area (Å²) < 4.78 is 6.02. The molecule has 124 valence electrons. The van der Waals surface area contributed by atoms with Crippen LogP contribution in [-0.2, 0) is 0 Å². The Morgan fingerprint density at radius 1 is 1.33 bits per heavy atom. The summed E-state index contributed by atoms with van der Waals surface area (Å²) >= 11 is 3.45. The zero-order chi connectivity index (χ0) is 17.3. The van der Waals surface area contributed by atoms with Crippen LogP contribution in [-0.4, -0.2) is 28.2 Å². The summed E-state index contributed by atoms with van der Waals surface area (Å²) in [6, 6.07) is 7.34. The fourth-order valence-electron chi connectivity index (χ4n) is 2.49. The molecule has 0 aliphatic heterocycles. The summed E-state index contributed by atoms with van der Waals surface area (Å²) in [7, 11) is 1.61. The molecule has 0 aliphatic carbocycles. The number of H-pyrrole nitrogens is 1. The average Bonchev–Trinajstić information content (AvgIpc) is 2.96. The molecule has 0 saturated carbocycles. The molecular formula is C17H17BrN4O2. The first-order valence-electron chi connectivity index (χ1n) is 7.49. The van der Waals surface area contributed by atoms with Crippen LogP contribution >= 0.6 is 15.9 Å². The Hall–Kier alpha value is -2.41. The van der Waals surface area contributed by atoms with Crippen LogP contribution < -0.4 is 10.1 Å². The van der Waals surface area contributed by atoms with E-state index in [1.165, 1.54) is 0 Å². The molecule has 2 N–H and O–H groups in total. The zero-order valence-corrected chi connectivity index (χ0v) is 15.1. The van der Waals surface area contributed by atoms with Gasteiger partial charge in [0.25, 0.3) is 5.91 Å². The first-order chi connectivity index (χ1) is 11.5. The van der Waals surface area contributed by atoms with Crippen molar-refractivity contribution < 1.29 is 9.53 Å². The molecule has 0 radical (unpaired) electrons. The maximum Gasteiger partial charge on any atom is 0.277 e. The molecule has 0 fully saturated rings. The molecule has 0 unspecified atom stereocenters. The number of amides is 1. The number of aromatic amines is 1. The van der Waals surface area contributed by atoms with Crippen LogP contribution in [0.4, 0.5) is 5.69 Å². The number of anilines is 1. The molecule has 0 spiro atoms. The Balaban J connectivity index is 1.97. The monoisotopic (exact) mass is 388 g/mol. The van der Waals surface area contributed by atoms with Gasteiger partial charge in [-0.3, -0.25) is 14.9 Å². The molecule has 24 heavy (non-hydrogen) atoms. The van der Waals surface area contributed by atoms with Gasteiger partial charge in [0.2, 0.25) is 0 Å². The summed E-state index contributed by atoms with van der Waals surface area (Å²) in [5.74, 6) is 0.637. The number of fused-ring (bicyclic) bond motifs is 1. The van der Waals surface area contributed by atoms with Crippen molar-refractivity contribution in [2.75, 3.05) is 12.4 Å². The zero-order valence-electron chi connectivity index (χ0n) is 13.6. The lowest BCUT2D eigenvalue weighted by molar-refractivity contribution is 0.102. The quantitative estimate of drug-likeness (QED) is 0.704. The number of carbonyl (C=O) groups is 1. The number of hydrogen-bond acceptors (Lipinski definition) is 4. The van der Waals surface area contributed by atoms with Gasteiger partial charge in [-0.1, -0.05) is 19.9 Å². The highest BCUT2D eigenvalue weighted by molar-refractivity contribution is 9.10.